The number of nitrogens with zero attached hydrogens (tertiary/aromatic N) is 1. The first-order valence-electron chi connectivity index (χ1n) is 5.97. The second kappa shape index (κ2) is 6.60. The molecule has 112 valence electrons. The van der Waals surface area contributed by atoms with Gasteiger partial charge in [0.25, 0.3) is 0 Å². The highest BCUT2D eigenvalue weighted by Crippen LogP contribution is 2.22. The summed E-state index contributed by atoms with van der Waals surface area (Å²) in [5, 5.41) is 0. The molecule has 0 saturated carbocycles. The van der Waals surface area contributed by atoms with Gasteiger partial charge in [0.05, 0.1) is 12.8 Å². The monoisotopic (exact) mass is 299 g/mol. The van der Waals surface area contributed by atoms with Crippen LogP contribution in [-0.2, 0) is 25.3 Å². The van der Waals surface area contributed by atoms with E-state index in [0.717, 1.165) is 0 Å². The minimum Gasteiger partial charge on any atom is -0.495 e. The fourth-order valence-electron chi connectivity index (χ4n) is 1.38. The van der Waals surface area contributed by atoms with Crippen molar-refractivity contribution < 1.29 is 18.5 Å². The van der Waals surface area contributed by atoms with E-state index in [9.17, 15) is 9.00 Å². The molecule has 1 amide bonds. The first kappa shape index (κ1) is 16.3. The lowest BCUT2D eigenvalue weighted by Gasteiger charge is -2.18. The highest BCUT2D eigenvalue weighted by Gasteiger charge is 2.13. The average Bonchev–Trinajstić information content (AvgIpc) is 2.28. The molecular weight excluding hydrogens is 280 g/mol. The van der Waals surface area contributed by atoms with E-state index in [4.69, 9.17) is 15.2 Å². The molecule has 0 fully saturated rings. The Bertz CT molecular complexity index is 572. The zero-order valence-corrected chi connectivity index (χ0v) is 12.8. The minimum atomic E-state index is -1.70. The topological polar surface area (TPSA) is 91.0 Å². The van der Waals surface area contributed by atoms with Gasteiger partial charge in [-0.25, -0.2) is 4.79 Å². The van der Waals surface area contributed by atoms with Crippen LogP contribution in [0.15, 0.2) is 22.6 Å². The van der Waals surface area contributed by atoms with Gasteiger partial charge >= 0.3 is 6.09 Å². The summed E-state index contributed by atoms with van der Waals surface area (Å²) in [6.45, 7) is 5.15. The number of rotatable bonds is 3. The van der Waals surface area contributed by atoms with Crippen molar-refractivity contribution in [1.82, 2.24) is 0 Å². The molecule has 20 heavy (non-hydrogen) atoms. The number of ether oxygens (including phenoxy) is 2. The lowest BCUT2D eigenvalue weighted by atomic mass is 10.2. The molecule has 0 atom stereocenters. The Labute approximate surface area is 120 Å². The Kier molecular flexibility index (Phi) is 5.38. The number of nitrogens with two attached hydrogens (primary N) is 1. The van der Waals surface area contributed by atoms with E-state index in [1.807, 2.05) is 0 Å². The molecule has 0 saturated heterocycles. The highest BCUT2D eigenvalue weighted by atomic mass is 32.2. The molecule has 1 aromatic rings. The fraction of sp³-hybridized carbons (Fsp3) is 0.462. The van der Waals surface area contributed by atoms with Gasteiger partial charge in [-0.2, -0.15) is 10.6 Å². The van der Waals surface area contributed by atoms with Crippen LogP contribution in [0.25, 0.3) is 0 Å². The van der Waals surface area contributed by atoms with Crippen LogP contribution in [-0.4, -0.2) is 18.8 Å². The number of hydrogen-bond donors (Lipinski definition) is 1. The summed E-state index contributed by atoms with van der Waals surface area (Å²) in [5.41, 5.74) is 6.23. The molecule has 6 nitrogen and oxygen atoms in total. The molecule has 0 spiro atoms. The van der Waals surface area contributed by atoms with Crippen molar-refractivity contribution >= 4 is 22.4 Å². The van der Waals surface area contributed by atoms with Crippen LogP contribution in [0, 0.1) is 0 Å². The van der Waals surface area contributed by atoms with E-state index in [1.54, 1.807) is 39.0 Å². The Balaban J connectivity index is 2.78. The van der Waals surface area contributed by atoms with Crippen molar-refractivity contribution in [3.8, 4) is 5.75 Å². The molecular formula is C13H19N2O4S-. The van der Waals surface area contributed by atoms with Gasteiger partial charge in [-0.3, -0.25) is 4.36 Å². The summed E-state index contributed by atoms with van der Waals surface area (Å²) in [6.07, 6.45) is -0.835. The molecule has 2 N–H and O–H groups in total. The van der Waals surface area contributed by atoms with E-state index in [-0.39, 0.29) is 5.75 Å². The van der Waals surface area contributed by atoms with Crippen LogP contribution >= 0.6 is 0 Å². The summed E-state index contributed by atoms with van der Waals surface area (Å²) >= 11 is 0. The number of hydrogen-bond acceptors (Lipinski definition) is 6. The zero-order valence-electron chi connectivity index (χ0n) is 12.0. The summed E-state index contributed by atoms with van der Waals surface area (Å²) in [5.74, 6) is 0.590. The van der Waals surface area contributed by atoms with Crippen LogP contribution in [0.3, 0.4) is 0 Å². The normalized spacial score (nSPS) is 13.0. The van der Waals surface area contributed by atoms with Crippen molar-refractivity contribution in [2.24, 2.45) is 4.36 Å². The SMILES string of the molecule is COc1cc(C[S-](=O)=NC(=O)OC(C)(C)C)ccc1N. The van der Waals surface area contributed by atoms with Gasteiger partial charge in [0.15, 0.2) is 0 Å². The van der Waals surface area contributed by atoms with E-state index in [1.165, 1.54) is 7.11 Å². The standard InChI is InChI=1S/C13H19N2O4S/c1-13(2,3)19-12(16)15-20(17)8-9-5-6-10(14)11(7-9)18-4/h5-7H,8,14H2,1-4H3/q-1. The lowest BCUT2D eigenvalue weighted by molar-refractivity contribution is 0.0608. The summed E-state index contributed by atoms with van der Waals surface area (Å²) in [6, 6.07) is 5.02. The number of methoxy groups -OCH3 is 1. The van der Waals surface area contributed by atoms with Crippen LogP contribution in [0.4, 0.5) is 10.5 Å². The maximum Gasteiger partial charge on any atom is 0.410 e. The number of benzene rings is 1. The zero-order chi connectivity index (χ0) is 15.3. The lowest BCUT2D eigenvalue weighted by Crippen LogP contribution is -2.21. The van der Waals surface area contributed by atoms with Crippen LogP contribution in [0.5, 0.6) is 5.75 Å². The average molecular weight is 299 g/mol. The number of nitrogen functional groups attached to an aromatic ring is 1. The number of anilines is 1. The largest absolute Gasteiger partial charge is 0.495 e. The molecule has 7 heteroatoms. The van der Waals surface area contributed by atoms with Crippen molar-refractivity contribution in [2.45, 2.75) is 32.1 Å². The molecule has 0 aliphatic rings. The second-order valence-electron chi connectivity index (χ2n) is 5.11. The maximum atomic E-state index is 11.8. The van der Waals surface area contributed by atoms with Gasteiger partial charge in [0, 0.05) is 0 Å². The van der Waals surface area contributed by atoms with Crippen LogP contribution in [0.1, 0.15) is 26.3 Å². The molecule has 1 aromatic carbocycles. The molecule has 0 bridgehead atoms. The third-order valence-corrected chi connectivity index (χ3v) is 3.09. The molecule has 0 aliphatic carbocycles. The van der Waals surface area contributed by atoms with Crippen molar-refractivity contribution in [2.75, 3.05) is 12.8 Å². The molecule has 1 rings (SSSR count). The summed E-state index contributed by atoms with van der Waals surface area (Å²) < 4.78 is 25.3. The summed E-state index contributed by atoms with van der Waals surface area (Å²) in [4.78, 5) is 11.4. The van der Waals surface area contributed by atoms with Gasteiger partial charge in [0.1, 0.15) is 11.4 Å². The molecule has 0 heterocycles. The number of carbonyl (C=O) groups excluding carboxylic acids is 1. The molecule has 0 unspecified atom stereocenters. The van der Waals surface area contributed by atoms with E-state index in [2.05, 4.69) is 4.36 Å². The predicted octanol–water partition coefficient (Wildman–Crippen LogP) is 2.86. The quantitative estimate of drug-likeness (QED) is 0.684. The highest BCUT2D eigenvalue weighted by molar-refractivity contribution is 7.74. The number of amides is 1. The van der Waals surface area contributed by atoms with Crippen molar-refractivity contribution in [1.29, 1.82) is 0 Å². The van der Waals surface area contributed by atoms with Gasteiger partial charge in [-0.1, -0.05) is 17.4 Å². The second-order valence-corrected chi connectivity index (χ2v) is 6.23. The van der Waals surface area contributed by atoms with Gasteiger partial charge in [-0.05, 0) is 32.9 Å². The fourth-order valence-corrected chi connectivity index (χ4v) is 2.12. The third kappa shape index (κ3) is 5.48. The predicted molar refractivity (Wildman–Crippen MR) is 77.8 cm³/mol. The molecule has 0 aliphatic heterocycles. The molecule has 0 radical (unpaired) electrons. The number of carbonyl (C=O) groups is 1. The Hall–Kier alpha value is -1.76. The Morgan fingerprint density at radius 2 is 2.05 bits per heavy atom. The molecule has 0 aromatic heterocycles. The summed E-state index contributed by atoms with van der Waals surface area (Å²) in [7, 11) is -0.201. The van der Waals surface area contributed by atoms with Crippen molar-refractivity contribution in [3.63, 3.8) is 0 Å². The van der Waals surface area contributed by atoms with Crippen molar-refractivity contribution in [3.05, 3.63) is 23.8 Å². The van der Waals surface area contributed by atoms with Gasteiger partial charge in [0.2, 0.25) is 0 Å². The van der Waals surface area contributed by atoms with E-state index in [0.29, 0.717) is 17.0 Å². The van der Waals surface area contributed by atoms with E-state index < -0.39 is 22.3 Å². The maximum absolute atomic E-state index is 11.8. The Morgan fingerprint density at radius 3 is 2.60 bits per heavy atom. The van der Waals surface area contributed by atoms with Gasteiger partial charge < -0.3 is 19.4 Å². The first-order valence-corrected chi connectivity index (χ1v) is 7.24. The van der Waals surface area contributed by atoms with Crippen LogP contribution < -0.4 is 10.5 Å². The minimum absolute atomic E-state index is 0.0931. The van der Waals surface area contributed by atoms with Gasteiger partial charge in [-0.15, -0.1) is 0 Å². The third-order valence-electron chi connectivity index (χ3n) is 2.16. The van der Waals surface area contributed by atoms with Crippen LogP contribution in [0.2, 0.25) is 0 Å². The Morgan fingerprint density at radius 1 is 1.40 bits per heavy atom. The smallest absolute Gasteiger partial charge is 0.410 e. The first-order chi connectivity index (χ1) is 9.21. The van der Waals surface area contributed by atoms with E-state index >= 15 is 0 Å².